The number of nitrogens with one attached hydrogen (secondary N) is 1. The molecule has 3 rings (SSSR count). The number of nitrogens with zero attached hydrogens (tertiary/aromatic N) is 1. The predicted molar refractivity (Wildman–Crippen MR) is 106 cm³/mol. The highest BCUT2D eigenvalue weighted by atomic mass is 35.5. The second-order valence-electron chi connectivity index (χ2n) is 6.89. The molecule has 2 amide bonds. The first-order valence-electron chi connectivity index (χ1n) is 8.92. The summed E-state index contributed by atoms with van der Waals surface area (Å²) in [4.78, 5) is 26.2. The van der Waals surface area contributed by atoms with Gasteiger partial charge >= 0.3 is 0 Å². The molecule has 0 radical (unpaired) electrons. The first-order chi connectivity index (χ1) is 12.9. The van der Waals surface area contributed by atoms with Crippen LogP contribution in [0.3, 0.4) is 0 Å². The third-order valence-corrected chi connectivity index (χ3v) is 4.70. The van der Waals surface area contributed by atoms with Gasteiger partial charge in [0, 0.05) is 17.3 Å². The second kappa shape index (κ2) is 8.55. The van der Waals surface area contributed by atoms with Crippen LogP contribution in [-0.4, -0.2) is 37.6 Å². The molecule has 0 aromatic heterocycles. The smallest absolute Gasteiger partial charge is 0.253 e. The Morgan fingerprint density at radius 1 is 1.19 bits per heavy atom. The van der Waals surface area contributed by atoms with Crippen molar-refractivity contribution in [3.63, 3.8) is 0 Å². The van der Waals surface area contributed by atoms with Crippen LogP contribution in [0, 0.1) is 13.8 Å². The van der Waals surface area contributed by atoms with Crippen LogP contribution in [0.5, 0.6) is 0 Å². The van der Waals surface area contributed by atoms with E-state index in [-0.39, 0.29) is 30.9 Å². The van der Waals surface area contributed by atoms with E-state index in [1.807, 2.05) is 38.1 Å². The average Bonchev–Trinajstić information content (AvgIpc) is 2.62. The molecule has 1 aliphatic heterocycles. The van der Waals surface area contributed by atoms with Crippen molar-refractivity contribution in [2.75, 3.05) is 24.6 Å². The van der Waals surface area contributed by atoms with E-state index in [1.165, 1.54) is 0 Å². The maximum Gasteiger partial charge on any atom is 0.253 e. The average molecular weight is 387 g/mol. The number of amides is 2. The molecular weight excluding hydrogens is 364 g/mol. The Labute approximate surface area is 164 Å². The third kappa shape index (κ3) is 5.31. The van der Waals surface area contributed by atoms with Gasteiger partial charge in [0.25, 0.3) is 5.91 Å². The molecule has 1 atom stereocenters. The molecule has 0 aliphatic carbocycles. The van der Waals surface area contributed by atoms with Gasteiger partial charge in [0.05, 0.1) is 19.1 Å². The van der Waals surface area contributed by atoms with Crippen molar-refractivity contribution in [3.8, 4) is 0 Å². The van der Waals surface area contributed by atoms with E-state index in [0.29, 0.717) is 18.1 Å². The highest BCUT2D eigenvalue weighted by Crippen LogP contribution is 2.22. The molecule has 2 aromatic carbocycles. The topological polar surface area (TPSA) is 58.6 Å². The van der Waals surface area contributed by atoms with E-state index in [2.05, 4.69) is 11.4 Å². The number of aryl methyl sites for hydroxylation is 2. The van der Waals surface area contributed by atoms with Crippen LogP contribution in [-0.2, 0) is 20.7 Å². The largest absolute Gasteiger partial charge is 0.365 e. The molecule has 1 fully saturated rings. The number of halogens is 1. The maximum atomic E-state index is 12.3. The number of rotatable bonds is 5. The summed E-state index contributed by atoms with van der Waals surface area (Å²) in [6.45, 7) is 4.82. The van der Waals surface area contributed by atoms with Crippen LogP contribution in [0.4, 0.5) is 5.69 Å². The normalized spacial score (nSPS) is 17.1. The second-order valence-corrected chi connectivity index (χ2v) is 7.33. The van der Waals surface area contributed by atoms with Crippen LogP contribution in [0.2, 0.25) is 5.02 Å². The molecule has 27 heavy (non-hydrogen) atoms. The van der Waals surface area contributed by atoms with Gasteiger partial charge in [-0.15, -0.1) is 0 Å². The van der Waals surface area contributed by atoms with Crippen LogP contribution in [0.1, 0.15) is 16.7 Å². The molecule has 5 nitrogen and oxygen atoms in total. The molecule has 1 unspecified atom stereocenters. The molecule has 1 N–H and O–H groups in total. The van der Waals surface area contributed by atoms with Crippen molar-refractivity contribution < 1.29 is 14.3 Å². The third-order valence-electron chi connectivity index (χ3n) is 4.45. The van der Waals surface area contributed by atoms with Crippen molar-refractivity contribution >= 4 is 29.1 Å². The standard InChI is InChI=1S/C21H23ClN2O3/c1-14-7-15(2)9-18(8-14)24-12-19(27-13-21(24)26)11-23-20(25)10-16-3-5-17(22)6-4-16/h3-9,19H,10-13H2,1-2H3,(H,23,25). The van der Waals surface area contributed by atoms with Crippen molar-refractivity contribution in [3.05, 3.63) is 64.2 Å². The molecule has 0 saturated carbocycles. The lowest BCUT2D eigenvalue weighted by Crippen LogP contribution is -2.50. The van der Waals surface area contributed by atoms with Gasteiger partial charge in [-0.2, -0.15) is 0 Å². The van der Waals surface area contributed by atoms with Crippen LogP contribution in [0.25, 0.3) is 0 Å². The van der Waals surface area contributed by atoms with Gasteiger partial charge in [-0.3, -0.25) is 9.59 Å². The maximum absolute atomic E-state index is 12.3. The minimum Gasteiger partial charge on any atom is -0.365 e. The van der Waals surface area contributed by atoms with E-state index < -0.39 is 0 Å². The van der Waals surface area contributed by atoms with Crippen LogP contribution < -0.4 is 10.2 Å². The zero-order valence-electron chi connectivity index (χ0n) is 15.5. The fourth-order valence-electron chi connectivity index (χ4n) is 3.18. The molecule has 6 heteroatoms. The summed E-state index contributed by atoms with van der Waals surface area (Å²) >= 11 is 5.86. The van der Waals surface area contributed by atoms with Gasteiger partial charge in [-0.05, 0) is 54.8 Å². The van der Waals surface area contributed by atoms with Gasteiger partial charge in [0.15, 0.2) is 0 Å². The highest BCUT2D eigenvalue weighted by molar-refractivity contribution is 6.30. The number of hydrogen-bond donors (Lipinski definition) is 1. The Balaban J connectivity index is 1.57. The van der Waals surface area contributed by atoms with E-state index >= 15 is 0 Å². The summed E-state index contributed by atoms with van der Waals surface area (Å²) in [5, 5.41) is 3.53. The van der Waals surface area contributed by atoms with Crippen LogP contribution >= 0.6 is 11.6 Å². The van der Waals surface area contributed by atoms with Crippen molar-refractivity contribution in [2.45, 2.75) is 26.4 Å². The van der Waals surface area contributed by atoms with E-state index in [1.54, 1.807) is 17.0 Å². The number of carbonyl (C=O) groups excluding carboxylic acids is 2. The molecule has 1 saturated heterocycles. The Hall–Kier alpha value is -2.37. The summed E-state index contributed by atoms with van der Waals surface area (Å²) in [5.41, 5.74) is 3.99. The van der Waals surface area contributed by atoms with Gasteiger partial charge < -0.3 is 15.0 Å². The Kier molecular flexibility index (Phi) is 6.14. The molecule has 142 valence electrons. The van der Waals surface area contributed by atoms with Crippen molar-refractivity contribution in [1.29, 1.82) is 0 Å². The van der Waals surface area contributed by atoms with Gasteiger partial charge in [-0.25, -0.2) is 0 Å². The number of morpholine rings is 1. The number of hydrogen-bond acceptors (Lipinski definition) is 3. The predicted octanol–water partition coefficient (Wildman–Crippen LogP) is 3.05. The lowest BCUT2D eigenvalue weighted by atomic mass is 10.1. The van der Waals surface area contributed by atoms with E-state index in [4.69, 9.17) is 16.3 Å². The Bertz CT molecular complexity index is 816. The molecular formula is C21H23ClN2O3. The van der Waals surface area contributed by atoms with Gasteiger partial charge in [0.2, 0.25) is 5.91 Å². The zero-order chi connectivity index (χ0) is 19.4. The van der Waals surface area contributed by atoms with Crippen molar-refractivity contribution in [2.24, 2.45) is 0 Å². The summed E-state index contributed by atoms with van der Waals surface area (Å²) in [7, 11) is 0. The van der Waals surface area contributed by atoms with Crippen LogP contribution in [0.15, 0.2) is 42.5 Å². The summed E-state index contributed by atoms with van der Waals surface area (Å²) < 4.78 is 5.60. The van der Waals surface area contributed by atoms with Gasteiger partial charge in [-0.1, -0.05) is 29.8 Å². The molecule has 1 aliphatic rings. The summed E-state index contributed by atoms with van der Waals surface area (Å²) in [6, 6.07) is 13.3. The number of benzene rings is 2. The minimum absolute atomic E-state index is 0.0186. The molecule has 0 bridgehead atoms. The monoisotopic (exact) mass is 386 g/mol. The number of carbonyl (C=O) groups is 2. The highest BCUT2D eigenvalue weighted by Gasteiger charge is 2.27. The minimum atomic E-state index is -0.238. The SMILES string of the molecule is Cc1cc(C)cc(N2CC(CNC(=O)Cc3ccc(Cl)cc3)OCC2=O)c1. The van der Waals surface area contributed by atoms with E-state index in [0.717, 1.165) is 22.4 Å². The fraction of sp³-hybridized carbons (Fsp3) is 0.333. The zero-order valence-corrected chi connectivity index (χ0v) is 16.3. The van der Waals surface area contributed by atoms with E-state index in [9.17, 15) is 9.59 Å². The Morgan fingerprint density at radius 2 is 1.85 bits per heavy atom. The lowest BCUT2D eigenvalue weighted by Gasteiger charge is -2.33. The van der Waals surface area contributed by atoms with Gasteiger partial charge in [0.1, 0.15) is 6.61 Å². The number of anilines is 1. The lowest BCUT2D eigenvalue weighted by molar-refractivity contribution is -0.129. The molecule has 0 spiro atoms. The number of ether oxygens (including phenoxy) is 1. The Morgan fingerprint density at radius 3 is 2.52 bits per heavy atom. The quantitative estimate of drug-likeness (QED) is 0.859. The molecule has 1 heterocycles. The summed E-state index contributed by atoms with van der Waals surface area (Å²) in [5.74, 6) is -0.153. The fourth-order valence-corrected chi connectivity index (χ4v) is 3.31. The summed E-state index contributed by atoms with van der Waals surface area (Å²) in [6.07, 6.45) is 0.0431. The first-order valence-corrected chi connectivity index (χ1v) is 9.30. The van der Waals surface area contributed by atoms with Crippen molar-refractivity contribution in [1.82, 2.24) is 5.32 Å². The first kappa shape index (κ1) is 19.4. The molecule has 2 aromatic rings.